The van der Waals surface area contributed by atoms with Gasteiger partial charge in [0.15, 0.2) is 10.8 Å². The van der Waals surface area contributed by atoms with Crippen LogP contribution in [-0.2, 0) is 9.53 Å². The number of benzene rings is 1. The van der Waals surface area contributed by atoms with Crippen LogP contribution in [0.15, 0.2) is 40.7 Å². The lowest BCUT2D eigenvalue weighted by Crippen LogP contribution is -2.44. The lowest BCUT2D eigenvalue weighted by atomic mass is 10.1. The number of carbonyl (C=O) groups excluding carboxylic acids is 2. The molecule has 0 bridgehead atoms. The fourth-order valence-corrected chi connectivity index (χ4v) is 5.25. The van der Waals surface area contributed by atoms with E-state index in [4.69, 9.17) is 18.0 Å². The van der Waals surface area contributed by atoms with E-state index in [2.05, 4.69) is 63.3 Å². The Balaban J connectivity index is 0.000000296. The van der Waals surface area contributed by atoms with Gasteiger partial charge in [0.25, 0.3) is 12.4 Å². The number of nitrogens with one attached hydrogen (secondary N) is 2. The average molecular weight is 624 g/mol. The van der Waals surface area contributed by atoms with Crippen molar-refractivity contribution in [1.82, 2.24) is 19.9 Å². The molecule has 1 saturated heterocycles. The maximum absolute atomic E-state index is 12.7. The van der Waals surface area contributed by atoms with Gasteiger partial charge in [-0.25, -0.2) is 15.0 Å². The third kappa shape index (κ3) is 9.18. The smallest absolute Gasteiger partial charge is 0.293 e. The number of piperazine rings is 1. The molecular weight excluding hydrogens is 590 g/mol. The van der Waals surface area contributed by atoms with Gasteiger partial charge in [-0.3, -0.25) is 9.59 Å². The van der Waals surface area contributed by atoms with Crippen LogP contribution in [0, 0.1) is 26.2 Å². The molecule has 0 aliphatic carbocycles. The van der Waals surface area contributed by atoms with Crippen molar-refractivity contribution in [2.75, 3.05) is 55.4 Å². The molecular formula is C29H34ClN9O3S. The zero-order valence-corrected chi connectivity index (χ0v) is 25.9. The van der Waals surface area contributed by atoms with E-state index >= 15 is 0 Å². The summed E-state index contributed by atoms with van der Waals surface area (Å²) in [7, 11) is 2.12. The third-order valence-corrected chi connectivity index (χ3v) is 8.04. The van der Waals surface area contributed by atoms with Crippen LogP contribution in [0.1, 0.15) is 40.3 Å². The number of hydrogen-bond acceptors (Lipinski definition) is 12. The van der Waals surface area contributed by atoms with E-state index in [-0.39, 0.29) is 11.6 Å². The van der Waals surface area contributed by atoms with Crippen molar-refractivity contribution in [1.29, 1.82) is 0 Å². The summed E-state index contributed by atoms with van der Waals surface area (Å²) >= 11 is 7.47. The molecule has 0 spiro atoms. The Morgan fingerprint density at radius 1 is 1.21 bits per heavy atom. The predicted octanol–water partition coefficient (Wildman–Crippen LogP) is 5.08. The maximum Gasteiger partial charge on any atom is 0.293 e. The molecule has 0 unspecified atom stereocenters. The molecule has 4 heterocycles. The normalized spacial score (nSPS) is 15.1. The molecule has 2 aromatic heterocycles. The van der Waals surface area contributed by atoms with Crippen molar-refractivity contribution in [3.8, 4) is 12.3 Å². The molecule has 226 valence electrons. The molecule has 0 radical (unpaired) electrons. The lowest BCUT2D eigenvalue weighted by molar-refractivity contribution is -0.128. The molecule has 43 heavy (non-hydrogen) atoms. The van der Waals surface area contributed by atoms with E-state index in [1.807, 2.05) is 32.0 Å². The number of halogens is 1. The fourth-order valence-electron chi connectivity index (χ4n) is 4.26. The van der Waals surface area contributed by atoms with Crippen molar-refractivity contribution >= 4 is 57.8 Å². The van der Waals surface area contributed by atoms with Gasteiger partial charge in [-0.15, -0.1) is 12.3 Å². The fraction of sp³-hybridized carbons (Fsp3) is 0.414. The third-order valence-electron chi connectivity index (χ3n) is 6.82. The van der Waals surface area contributed by atoms with Crippen molar-refractivity contribution in [3.05, 3.63) is 51.7 Å². The summed E-state index contributed by atoms with van der Waals surface area (Å²) in [5, 5.41) is 14.9. The van der Waals surface area contributed by atoms with E-state index in [1.165, 1.54) is 11.3 Å². The van der Waals surface area contributed by atoms with Crippen LogP contribution in [-0.4, -0.2) is 77.7 Å². The molecule has 2 N–H and O–H groups in total. The van der Waals surface area contributed by atoms with Crippen LogP contribution in [0.5, 0.6) is 0 Å². The van der Waals surface area contributed by atoms with Crippen LogP contribution < -0.4 is 15.5 Å². The molecule has 12 nitrogen and oxygen atoms in total. The van der Waals surface area contributed by atoms with Crippen molar-refractivity contribution in [2.24, 2.45) is 10.2 Å². The first-order chi connectivity index (χ1) is 20.7. The van der Waals surface area contributed by atoms with Gasteiger partial charge in [0.2, 0.25) is 0 Å². The summed E-state index contributed by atoms with van der Waals surface area (Å²) in [6.07, 6.45) is 8.71. The van der Waals surface area contributed by atoms with Gasteiger partial charge in [-0.1, -0.05) is 35.1 Å². The van der Waals surface area contributed by atoms with Crippen molar-refractivity contribution < 1.29 is 14.3 Å². The van der Waals surface area contributed by atoms with Crippen molar-refractivity contribution in [2.45, 2.75) is 38.8 Å². The molecule has 1 aromatic carbocycles. The van der Waals surface area contributed by atoms with Gasteiger partial charge in [0, 0.05) is 51.5 Å². The molecule has 14 heteroatoms. The predicted molar refractivity (Wildman–Crippen MR) is 168 cm³/mol. The highest BCUT2D eigenvalue weighted by atomic mass is 35.5. The van der Waals surface area contributed by atoms with Crippen LogP contribution in [0.2, 0.25) is 5.02 Å². The number of hydrogen-bond donors (Lipinski definition) is 2. The van der Waals surface area contributed by atoms with Crippen molar-refractivity contribution in [3.63, 3.8) is 0 Å². The van der Waals surface area contributed by atoms with Gasteiger partial charge < -0.3 is 25.2 Å². The van der Waals surface area contributed by atoms with E-state index in [0.29, 0.717) is 58.3 Å². The molecule has 5 rings (SSSR count). The number of rotatable bonds is 11. The summed E-state index contributed by atoms with van der Waals surface area (Å²) in [4.78, 5) is 40.9. The van der Waals surface area contributed by atoms with Gasteiger partial charge >= 0.3 is 0 Å². The Hall–Kier alpha value is -4.12. The van der Waals surface area contributed by atoms with Gasteiger partial charge in [0.1, 0.15) is 22.3 Å². The standard InChI is InChI=1S/C21H24ClN7OS.C8H10N2O2/c1-13-5-4-6-15(22)19(13)27-20(30)16-12-23-21(31-16)26-17-11-18(25-14(2)24-17)29-9-7-28(3)8-10-29;1-2-3-4-8(9-10-8)5-6-12-7-11/h4-6,11-12H,7-10H2,1-3H3,(H,27,30)(H,23,24,25,26);1,7H,3-6H2. The first-order valence-corrected chi connectivity index (χ1v) is 14.9. The lowest BCUT2D eigenvalue weighted by Gasteiger charge is -2.33. The minimum Gasteiger partial charge on any atom is -0.468 e. The molecule has 2 aliphatic heterocycles. The largest absolute Gasteiger partial charge is 0.468 e. The highest BCUT2D eigenvalue weighted by Gasteiger charge is 2.38. The van der Waals surface area contributed by atoms with Gasteiger partial charge in [-0.2, -0.15) is 10.2 Å². The summed E-state index contributed by atoms with van der Waals surface area (Å²) in [6.45, 7) is 8.42. The Bertz CT molecular complexity index is 1470. The Morgan fingerprint density at radius 3 is 2.65 bits per heavy atom. The molecule has 1 fully saturated rings. The average Bonchev–Trinajstić information content (AvgIpc) is 3.60. The number of aryl methyl sites for hydroxylation is 2. The summed E-state index contributed by atoms with van der Waals surface area (Å²) in [5.41, 5.74) is 1.19. The second-order valence-corrected chi connectivity index (χ2v) is 11.5. The van der Waals surface area contributed by atoms with Crippen LogP contribution >= 0.6 is 22.9 Å². The minimum absolute atomic E-state index is 0.251. The van der Waals surface area contributed by atoms with Crippen LogP contribution in [0.4, 0.5) is 22.5 Å². The number of thiazole rings is 1. The van der Waals surface area contributed by atoms with E-state index < -0.39 is 0 Å². The number of likely N-dealkylation sites (N-methyl/N-ethyl adjacent to an activating group) is 1. The van der Waals surface area contributed by atoms with E-state index in [0.717, 1.165) is 44.0 Å². The highest BCUT2D eigenvalue weighted by Crippen LogP contribution is 2.36. The second kappa shape index (κ2) is 14.9. The summed E-state index contributed by atoms with van der Waals surface area (Å²) < 4.78 is 4.54. The number of carbonyl (C=O) groups is 2. The summed E-state index contributed by atoms with van der Waals surface area (Å²) in [5.74, 6) is 4.51. The zero-order valence-electron chi connectivity index (χ0n) is 24.3. The summed E-state index contributed by atoms with van der Waals surface area (Å²) in [6, 6.07) is 7.42. The molecule has 1 amide bonds. The maximum atomic E-state index is 12.7. The van der Waals surface area contributed by atoms with E-state index in [9.17, 15) is 9.59 Å². The Kier molecular flexibility index (Phi) is 11.0. The number of terminal acetylenes is 1. The minimum atomic E-state index is -0.324. The SMILES string of the molecule is C#CCCC1(CCOC=O)N=N1.Cc1nc(Nc2ncc(C(=O)Nc3c(C)cccc3Cl)s2)cc(N2CCN(C)CC2)n1. The van der Waals surface area contributed by atoms with Crippen LogP contribution in [0.3, 0.4) is 0 Å². The Morgan fingerprint density at radius 2 is 1.98 bits per heavy atom. The first-order valence-electron chi connectivity index (χ1n) is 13.7. The quantitative estimate of drug-likeness (QED) is 0.170. The van der Waals surface area contributed by atoms with Gasteiger partial charge in [0.05, 0.1) is 23.5 Å². The number of ether oxygens (including phenoxy) is 1. The zero-order chi connectivity index (χ0) is 30.8. The monoisotopic (exact) mass is 623 g/mol. The molecule has 3 aromatic rings. The second-order valence-electron chi connectivity index (χ2n) is 10.1. The highest BCUT2D eigenvalue weighted by molar-refractivity contribution is 7.17. The molecule has 2 aliphatic rings. The van der Waals surface area contributed by atoms with Crippen LogP contribution in [0.25, 0.3) is 0 Å². The molecule has 0 saturated carbocycles. The molecule has 0 atom stereocenters. The topological polar surface area (TPSA) is 137 Å². The number of amides is 1. The number of para-hydroxylation sites is 1. The van der Waals surface area contributed by atoms with Gasteiger partial charge in [-0.05, 0) is 32.5 Å². The number of aromatic nitrogens is 3. The number of anilines is 4. The number of nitrogens with zero attached hydrogens (tertiary/aromatic N) is 7. The first kappa shape index (κ1) is 31.8. The van der Waals surface area contributed by atoms with E-state index in [1.54, 1.807) is 12.3 Å². The Labute approximate surface area is 259 Å².